The summed E-state index contributed by atoms with van der Waals surface area (Å²) >= 11 is 6.45. The van der Waals surface area contributed by atoms with E-state index in [0.717, 1.165) is 0 Å². The highest BCUT2D eigenvalue weighted by Crippen LogP contribution is 2.64. The van der Waals surface area contributed by atoms with Crippen LogP contribution >= 0.6 is 11.5 Å². The first kappa shape index (κ1) is 13.1. The Morgan fingerprint density at radius 1 is 1.21 bits per heavy atom. The fraction of sp³-hybridized carbons (Fsp3) is 0.250. The van der Waals surface area contributed by atoms with Gasteiger partial charge in [-0.2, -0.15) is 11.5 Å². The van der Waals surface area contributed by atoms with Crippen molar-refractivity contribution in [1.29, 1.82) is 0 Å². The van der Waals surface area contributed by atoms with Crippen molar-refractivity contribution in [2.75, 3.05) is 0 Å². The van der Waals surface area contributed by atoms with E-state index in [2.05, 4.69) is 0 Å². The van der Waals surface area contributed by atoms with Gasteiger partial charge in [-0.25, -0.2) is 0 Å². The Balaban J connectivity index is 2.40. The summed E-state index contributed by atoms with van der Waals surface area (Å²) in [7, 11) is 18.5. The van der Waals surface area contributed by atoms with Crippen LogP contribution in [0.15, 0.2) is 36.4 Å². The van der Waals surface area contributed by atoms with Gasteiger partial charge in [0.2, 0.25) is 0 Å². The van der Waals surface area contributed by atoms with E-state index in [9.17, 15) is 4.79 Å². The Labute approximate surface area is 121 Å². The van der Waals surface area contributed by atoms with Gasteiger partial charge in [0.1, 0.15) is 0 Å². The van der Waals surface area contributed by atoms with E-state index in [1.807, 2.05) is 6.07 Å². The molecule has 2 N–H and O–H groups in total. The van der Waals surface area contributed by atoms with Gasteiger partial charge < -0.3 is 5.73 Å². The van der Waals surface area contributed by atoms with Crippen LogP contribution in [0.25, 0.3) is 0 Å². The molecule has 7 heteroatoms. The van der Waals surface area contributed by atoms with E-state index < -0.39 is 22.1 Å². The Hall–Kier alpha value is -0.860. The number of fused-ring (bicyclic) bond motifs is 3. The molecule has 1 aromatic rings. The van der Waals surface area contributed by atoms with Crippen molar-refractivity contribution >= 4 is 52.4 Å². The molecule has 6 radical (unpaired) electrons. The molecule has 0 fully saturated rings. The molecule has 1 aliphatic carbocycles. The quantitative estimate of drug-likeness (QED) is 0.654. The molecule has 0 spiro atoms. The molecule has 0 saturated heterocycles. The molecule has 0 aromatic heterocycles. The van der Waals surface area contributed by atoms with Crippen molar-refractivity contribution < 1.29 is 4.79 Å². The summed E-state index contributed by atoms with van der Waals surface area (Å²) in [6.45, 7) is 0. The van der Waals surface area contributed by atoms with Crippen molar-refractivity contribution in [2.24, 2.45) is 5.73 Å². The average Bonchev–Trinajstić information content (AvgIpc) is 2.57. The van der Waals surface area contributed by atoms with Crippen LogP contribution in [-0.4, -0.2) is 35.5 Å². The number of nitrogens with two attached hydrogens (primary N) is 1. The first-order chi connectivity index (χ1) is 8.77. The van der Waals surface area contributed by atoms with Crippen molar-refractivity contribution in [3.63, 3.8) is 0 Å². The maximum Gasteiger partial charge on any atom is 0.283 e. The lowest BCUT2D eigenvalue weighted by Gasteiger charge is -2.54. The number of carbonyl (C=O) groups excluding carboxylic acids is 1. The topological polar surface area (TPSA) is 43.1 Å². The second-order valence-corrected chi connectivity index (χ2v) is 5.69. The zero-order chi connectivity index (χ0) is 14.1. The lowest BCUT2D eigenvalue weighted by molar-refractivity contribution is -0.120. The third kappa shape index (κ3) is 1.25. The molecular formula is C12H8B4ClNO. The first-order valence-electron chi connectivity index (χ1n) is 5.89. The summed E-state index contributed by atoms with van der Waals surface area (Å²) in [6, 6.07) is 7.12. The Bertz CT molecular complexity index is 620. The number of hydrogen-bond donors (Lipinski definition) is 1. The number of rotatable bonds is 0. The molecule has 1 aromatic carbocycles. The maximum absolute atomic E-state index is 12.3. The zero-order valence-electron chi connectivity index (χ0n) is 10.1. The SMILES string of the molecule is [B]C1([B])C=CC(=O)C2(N)c3ccccc3B(Cl)C12[B]. The Morgan fingerprint density at radius 2 is 1.84 bits per heavy atom. The monoisotopic (exact) mass is 261 g/mol. The van der Waals surface area contributed by atoms with Gasteiger partial charge in [-0.05, 0) is 16.9 Å². The third-order valence-electron chi connectivity index (χ3n) is 4.33. The largest absolute Gasteiger partial charge is 0.316 e. The van der Waals surface area contributed by atoms with E-state index in [4.69, 9.17) is 40.7 Å². The Morgan fingerprint density at radius 3 is 2.53 bits per heavy atom. The number of allylic oxidation sites excluding steroid dienone is 1. The fourth-order valence-corrected chi connectivity index (χ4v) is 3.68. The minimum atomic E-state index is -1.51. The molecule has 2 unspecified atom stereocenters. The highest BCUT2D eigenvalue weighted by Gasteiger charge is 2.67. The van der Waals surface area contributed by atoms with Crippen LogP contribution in [0.1, 0.15) is 5.56 Å². The summed E-state index contributed by atoms with van der Waals surface area (Å²) in [5.41, 5.74) is 6.13. The fourth-order valence-electron chi connectivity index (χ4n) is 3.13. The van der Waals surface area contributed by atoms with Gasteiger partial charge in [0.25, 0.3) is 6.13 Å². The molecule has 2 atom stereocenters. The number of halogens is 1. The molecule has 1 heterocycles. The minimum Gasteiger partial charge on any atom is -0.316 e. The van der Waals surface area contributed by atoms with Crippen LogP contribution in [0, 0.1) is 0 Å². The van der Waals surface area contributed by atoms with Crippen LogP contribution in [-0.2, 0) is 10.3 Å². The molecule has 2 nitrogen and oxygen atoms in total. The van der Waals surface area contributed by atoms with E-state index in [1.165, 1.54) is 12.2 Å². The molecule has 19 heavy (non-hydrogen) atoms. The Kier molecular flexibility index (Phi) is 2.50. The zero-order valence-corrected chi connectivity index (χ0v) is 10.9. The van der Waals surface area contributed by atoms with Crippen LogP contribution in [0.5, 0.6) is 0 Å². The molecule has 86 valence electrons. The van der Waals surface area contributed by atoms with E-state index in [1.54, 1.807) is 18.2 Å². The van der Waals surface area contributed by atoms with Gasteiger partial charge >= 0.3 is 0 Å². The second kappa shape index (κ2) is 3.62. The lowest BCUT2D eigenvalue weighted by atomic mass is 9.20. The van der Waals surface area contributed by atoms with Gasteiger partial charge in [-0.15, -0.1) is 0 Å². The summed E-state index contributed by atoms with van der Waals surface area (Å²) in [4.78, 5) is 12.3. The summed E-state index contributed by atoms with van der Waals surface area (Å²) in [5, 5.41) is -2.95. The molecule has 3 rings (SSSR count). The summed E-state index contributed by atoms with van der Waals surface area (Å²) < 4.78 is 0. The molecular weight excluding hydrogens is 253 g/mol. The lowest BCUT2D eigenvalue weighted by Crippen LogP contribution is -2.61. The van der Waals surface area contributed by atoms with Crippen LogP contribution < -0.4 is 11.2 Å². The minimum absolute atomic E-state index is 0.336. The van der Waals surface area contributed by atoms with Crippen LogP contribution in [0.2, 0.25) is 10.4 Å². The van der Waals surface area contributed by atoms with Crippen LogP contribution in [0.3, 0.4) is 0 Å². The number of hydrogen-bond acceptors (Lipinski definition) is 2. The molecule has 2 aliphatic rings. The van der Waals surface area contributed by atoms with Gasteiger partial charge in [0, 0.05) is 0 Å². The van der Waals surface area contributed by atoms with Gasteiger partial charge in [-0.3, -0.25) is 4.79 Å². The normalized spacial score (nSPS) is 35.1. The second-order valence-electron chi connectivity index (χ2n) is 5.26. The third-order valence-corrected chi connectivity index (χ3v) is 4.91. The molecule has 1 aliphatic heterocycles. The van der Waals surface area contributed by atoms with E-state index in [0.29, 0.717) is 11.0 Å². The maximum atomic E-state index is 12.3. The smallest absolute Gasteiger partial charge is 0.283 e. The number of benzene rings is 1. The van der Waals surface area contributed by atoms with Crippen LogP contribution in [0.4, 0.5) is 0 Å². The highest BCUT2D eigenvalue weighted by atomic mass is 35.5. The van der Waals surface area contributed by atoms with E-state index >= 15 is 0 Å². The number of carbonyl (C=O) groups is 1. The van der Waals surface area contributed by atoms with E-state index in [-0.39, 0.29) is 5.78 Å². The average molecular weight is 261 g/mol. The first-order valence-corrected chi connectivity index (χ1v) is 6.33. The predicted octanol–water partition coefficient (Wildman–Crippen LogP) is -0.250. The van der Waals surface area contributed by atoms with Gasteiger partial charge in [0.05, 0.1) is 29.1 Å². The van der Waals surface area contributed by atoms with Crippen molar-refractivity contribution in [3.05, 3.63) is 42.0 Å². The van der Waals surface area contributed by atoms with Crippen molar-refractivity contribution in [1.82, 2.24) is 0 Å². The van der Waals surface area contributed by atoms with Crippen molar-refractivity contribution in [3.8, 4) is 0 Å². The highest BCUT2D eigenvalue weighted by molar-refractivity contribution is 7.20. The molecule has 0 bridgehead atoms. The summed E-state index contributed by atoms with van der Waals surface area (Å²) in [5.74, 6) is -0.336. The van der Waals surface area contributed by atoms with Gasteiger partial charge in [0.15, 0.2) is 5.78 Å². The van der Waals surface area contributed by atoms with Gasteiger partial charge in [-0.1, -0.05) is 41.0 Å². The molecule has 0 amide bonds. The number of ketones is 1. The summed E-state index contributed by atoms with van der Waals surface area (Å²) in [6.07, 6.45) is 1.93. The predicted molar refractivity (Wildman–Crippen MR) is 80.3 cm³/mol. The molecule has 0 saturated carbocycles. The van der Waals surface area contributed by atoms with Crippen molar-refractivity contribution in [2.45, 2.75) is 16.0 Å². The standard InChI is InChI=1S/C12H8B4ClNO/c13-10(14)6-5-9(19)11(18)7-3-1-2-4-8(7)16(17)12(10,11)15/h1-6H,18H2.